The van der Waals surface area contributed by atoms with Gasteiger partial charge < -0.3 is 10.3 Å². The quantitative estimate of drug-likeness (QED) is 0.920. The Morgan fingerprint density at radius 2 is 1.94 bits per heavy atom. The SMILES string of the molecule is CCC(N)c1ccc(Sc2nnc(C)n2C)cc1. The fourth-order valence-electron chi connectivity index (χ4n) is 1.60. The highest BCUT2D eigenvalue weighted by Crippen LogP contribution is 2.27. The molecule has 0 amide bonds. The van der Waals surface area contributed by atoms with Crippen molar-refractivity contribution in [3.63, 3.8) is 0 Å². The zero-order valence-electron chi connectivity index (χ0n) is 10.9. The molecular weight excluding hydrogens is 244 g/mol. The lowest BCUT2D eigenvalue weighted by Gasteiger charge is -2.09. The molecule has 1 heterocycles. The number of hydrogen-bond acceptors (Lipinski definition) is 4. The second kappa shape index (κ2) is 5.54. The monoisotopic (exact) mass is 262 g/mol. The minimum Gasteiger partial charge on any atom is -0.324 e. The van der Waals surface area contributed by atoms with Crippen LogP contribution >= 0.6 is 11.8 Å². The molecule has 1 aromatic carbocycles. The first-order valence-corrected chi connectivity index (χ1v) is 6.83. The summed E-state index contributed by atoms with van der Waals surface area (Å²) in [4.78, 5) is 1.15. The number of rotatable bonds is 4. The molecule has 0 aliphatic rings. The van der Waals surface area contributed by atoms with Gasteiger partial charge in [-0.1, -0.05) is 19.1 Å². The standard InChI is InChI=1S/C13H18N4S/c1-4-12(14)10-5-7-11(8-6-10)18-13-16-15-9(2)17(13)3/h5-8,12H,4,14H2,1-3H3. The molecule has 4 nitrogen and oxygen atoms in total. The van der Waals surface area contributed by atoms with Crippen molar-refractivity contribution in [2.24, 2.45) is 12.8 Å². The summed E-state index contributed by atoms with van der Waals surface area (Å²) in [6.07, 6.45) is 0.953. The Morgan fingerprint density at radius 3 is 2.44 bits per heavy atom. The maximum absolute atomic E-state index is 5.99. The summed E-state index contributed by atoms with van der Waals surface area (Å²) in [5.74, 6) is 0.919. The molecular formula is C13H18N4S. The largest absolute Gasteiger partial charge is 0.324 e. The Bertz CT molecular complexity index is 518. The molecule has 2 aromatic rings. The summed E-state index contributed by atoms with van der Waals surface area (Å²) in [6.45, 7) is 4.04. The summed E-state index contributed by atoms with van der Waals surface area (Å²) < 4.78 is 1.98. The lowest BCUT2D eigenvalue weighted by Crippen LogP contribution is -2.07. The number of nitrogens with two attached hydrogens (primary N) is 1. The van der Waals surface area contributed by atoms with Crippen molar-refractivity contribution in [3.05, 3.63) is 35.7 Å². The lowest BCUT2D eigenvalue weighted by molar-refractivity contribution is 0.698. The maximum atomic E-state index is 5.99. The van der Waals surface area contributed by atoms with E-state index in [4.69, 9.17) is 5.73 Å². The summed E-state index contributed by atoms with van der Waals surface area (Å²) >= 11 is 1.61. The van der Waals surface area contributed by atoms with Crippen molar-refractivity contribution < 1.29 is 0 Å². The van der Waals surface area contributed by atoms with Gasteiger partial charge in [-0.25, -0.2) is 0 Å². The van der Waals surface area contributed by atoms with Gasteiger partial charge >= 0.3 is 0 Å². The van der Waals surface area contributed by atoms with Gasteiger partial charge in [0.25, 0.3) is 0 Å². The Kier molecular flexibility index (Phi) is 4.04. The molecule has 0 spiro atoms. The van der Waals surface area contributed by atoms with Gasteiger partial charge in [-0.15, -0.1) is 10.2 Å². The van der Waals surface area contributed by atoms with Gasteiger partial charge in [0.15, 0.2) is 5.16 Å². The molecule has 0 saturated carbocycles. The molecule has 0 saturated heterocycles. The van der Waals surface area contributed by atoms with Crippen LogP contribution in [0.1, 0.15) is 30.8 Å². The average molecular weight is 262 g/mol. The van der Waals surface area contributed by atoms with Gasteiger partial charge in [-0.2, -0.15) is 0 Å². The second-order valence-electron chi connectivity index (χ2n) is 4.27. The lowest BCUT2D eigenvalue weighted by atomic mass is 10.1. The van der Waals surface area contributed by atoms with E-state index in [0.29, 0.717) is 0 Å². The topological polar surface area (TPSA) is 56.7 Å². The van der Waals surface area contributed by atoms with Crippen molar-refractivity contribution in [2.75, 3.05) is 0 Å². The van der Waals surface area contributed by atoms with Crippen molar-refractivity contribution in [2.45, 2.75) is 36.4 Å². The zero-order valence-corrected chi connectivity index (χ0v) is 11.7. The van der Waals surface area contributed by atoms with Gasteiger partial charge in [0, 0.05) is 18.0 Å². The van der Waals surface area contributed by atoms with Crippen LogP contribution in [-0.4, -0.2) is 14.8 Å². The van der Waals surface area contributed by atoms with E-state index in [0.717, 1.165) is 22.3 Å². The van der Waals surface area contributed by atoms with E-state index in [2.05, 4.69) is 41.4 Å². The third-order valence-corrected chi connectivity index (χ3v) is 4.06. The number of nitrogens with zero attached hydrogens (tertiary/aromatic N) is 3. The van der Waals surface area contributed by atoms with Crippen molar-refractivity contribution >= 4 is 11.8 Å². The minimum atomic E-state index is 0.126. The fourth-order valence-corrected chi connectivity index (χ4v) is 2.43. The third kappa shape index (κ3) is 2.73. The molecule has 5 heteroatoms. The van der Waals surface area contributed by atoms with Crippen LogP contribution in [0.2, 0.25) is 0 Å². The van der Waals surface area contributed by atoms with Crippen molar-refractivity contribution in [3.8, 4) is 0 Å². The predicted octanol–water partition coefficient (Wildman–Crippen LogP) is 2.68. The van der Waals surface area contributed by atoms with E-state index in [-0.39, 0.29) is 6.04 Å². The van der Waals surface area contributed by atoms with E-state index < -0.39 is 0 Å². The molecule has 1 unspecified atom stereocenters. The predicted molar refractivity (Wildman–Crippen MR) is 73.5 cm³/mol. The van der Waals surface area contributed by atoms with Crippen LogP contribution in [-0.2, 0) is 7.05 Å². The Hall–Kier alpha value is -1.33. The smallest absolute Gasteiger partial charge is 0.195 e. The molecule has 0 aliphatic carbocycles. The van der Waals surface area contributed by atoms with Crippen molar-refractivity contribution in [1.29, 1.82) is 0 Å². The summed E-state index contributed by atoms with van der Waals surface area (Å²) in [5.41, 5.74) is 7.17. The van der Waals surface area contributed by atoms with Crippen LogP contribution in [0.25, 0.3) is 0 Å². The van der Waals surface area contributed by atoms with Crippen LogP contribution in [0.3, 0.4) is 0 Å². The van der Waals surface area contributed by atoms with Gasteiger partial charge in [-0.05, 0) is 42.8 Å². The molecule has 0 bridgehead atoms. The molecule has 1 aromatic heterocycles. The molecule has 0 radical (unpaired) electrons. The summed E-state index contributed by atoms with van der Waals surface area (Å²) in [6, 6.07) is 8.46. The Morgan fingerprint density at radius 1 is 1.28 bits per heavy atom. The highest BCUT2D eigenvalue weighted by atomic mass is 32.2. The number of aryl methyl sites for hydroxylation is 1. The number of benzene rings is 1. The number of aromatic nitrogens is 3. The molecule has 2 rings (SSSR count). The fraction of sp³-hybridized carbons (Fsp3) is 0.385. The highest BCUT2D eigenvalue weighted by Gasteiger charge is 2.08. The average Bonchev–Trinajstić information content (AvgIpc) is 2.71. The van der Waals surface area contributed by atoms with Gasteiger partial charge in [0.05, 0.1) is 0 Å². The first kappa shape index (κ1) is 13.1. The van der Waals surface area contributed by atoms with E-state index in [1.165, 1.54) is 5.56 Å². The number of hydrogen-bond donors (Lipinski definition) is 1. The van der Waals surface area contributed by atoms with Gasteiger partial charge in [-0.3, -0.25) is 0 Å². The van der Waals surface area contributed by atoms with E-state index in [1.54, 1.807) is 11.8 Å². The zero-order chi connectivity index (χ0) is 13.1. The summed E-state index contributed by atoms with van der Waals surface area (Å²) in [7, 11) is 1.97. The van der Waals surface area contributed by atoms with E-state index in [9.17, 15) is 0 Å². The van der Waals surface area contributed by atoms with Crippen LogP contribution in [0.4, 0.5) is 0 Å². The third-order valence-electron chi connectivity index (χ3n) is 3.01. The van der Waals surface area contributed by atoms with Gasteiger partial charge in [0.1, 0.15) is 5.82 Å². The molecule has 2 N–H and O–H groups in total. The first-order chi connectivity index (χ1) is 8.61. The molecule has 0 aliphatic heterocycles. The second-order valence-corrected chi connectivity index (χ2v) is 5.32. The minimum absolute atomic E-state index is 0.126. The molecule has 18 heavy (non-hydrogen) atoms. The van der Waals surface area contributed by atoms with Crippen LogP contribution in [0.15, 0.2) is 34.3 Å². The summed E-state index contributed by atoms with van der Waals surface area (Å²) in [5, 5.41) is 9.08. The molecule has 96 valence electrons. The van der Waals surface area contributed by atoms with Crippen LogP contribution < -0.4 is 5.73 Å². The highest BCUT2D eigenvalue weighted by molar-refractivity contribution is 7.99. The van der Waals surface area contributed by atoms with Crippen LogP contribution in [0.5, 0.6) is 0 Å². The van der Waals surface area contributed by atoms with E-state index in [1.807, 2.05) is 18.5 Å². The Labute approximate surface area is 112 Å². The van der Waals surface area contributed by atoms with Crippen LogP contribution in [0, 0.1) is 6.92 Å². The Balaban J connectivity index is 2.13. The molecule has 1 atom stereocenters. The first-order valence-electron chi connectivity index (χ1n) is 6.01. The van der Waals surface area contributed by atoms with Crippen molar-refractivity contribution in [1.82, 2.24) is 14.8 Å². The van der Waals surface area contributed by atoms with Gasteiger partial charge in [0.2, 0.25) is 0 Å². The maximum Gasteiger partial charge on any atom is 0.195 e. The molecule has 0 fully saturated rings. The normalized spacial score (nSPS) is 12.7. The van der Waals surface area contributed by atoms with E-state index >= 15 is 0 Å².